The van der Waals surface area contributed by atoms with E-state index in [9.17, 15) is 66.2 Å². The number of pyridine rings is 3. The van der Waals surface area contributed by atoms with Crippen LogP contribution in [0.4, 0.5) is 32.3 Å². The van der Waals surface area contributed by atoms with Crippen LogP contribution >= 0.6 is 0 Å². The Morgan fingerprint density at radius 1 is 0.444 bits per heavy atom. The Hall–Kier alpha value is -11.3. The van der Waals surface area contributed by atoms with Crippen LogP contribution in [0.1, 0.15) is 214 Å². The van der Waals surface area contributed by atoms with E-state index < -0.39 is 79.6 Å². The number of hydrogen-bond donors (Lipinski definition) is 4. The van der Waals surface area contributed by atoms with Crippen molar-refractivity contribution in [3.05, 3.63) is 313 Å². The van der Waals surface area contributed by atoms with Crippen molar-refractivity contribution in [1.29, 1.82) is 0 Å². The summed E-state index contributed by atoms with van der Waals surface area (Å²) in [5.74, 6) is -4.95. The van der Waals surface area contributed by atoms with E-state index in [0.717, 1.165) is 91.7 Å². The standard InChI is InChI=1S/C27H29FN2O5.C20H17FN2O3.C16H23NO2.C15H21NO3.C14H19NO2.C12H10FNO3.CH2O3.CO2.2K.H/c1-5-34-25(32)20-16-30(22-8-6-7-21(28)23(22)24(20)31)14-17-9-10-18-11-12-29(15-19(18)13-17)26(33)35-27(2,3)4;21-16-2-1-3-17-18(16)19(24)15(20(25)26)11-23(17)10-12-4-5-13-6-7-22-9-14(13)8-12;1-5-12-6-7-13-8-9-17(11-14(13)10-12)15(18)19-16(2,3)4;1-15(2,3)19-14(18)16-7-6-12-5-4-11(10-17)8-13(12)9-16;1-14(2,3)17-13(16)15-9-8-11-6-4-5-7-12(11)10-15;1-2-17-12(16)7-6-14-9-5-3-4-8(13)10(9)11(7)15;2-1-4-3;2-1-3;;;/h6-10,13,16H,5,11-12,14-15H2,1-4H3;1-5,8,11,22H,6-7,9-10H2,(H,25,26);6-7,10H,5,8-9,11H2,1-4H3;4-5,8,17H,6-7,9-10H2,1-3H3;4-7H,8-10H2,1-3H3;3-6H,2H2,1H3,(H,14,15);1,3H;;;;/q;;;;;;;;2*+1;-1/p-1. The van der Waals surface area contributed by atoms with Crippen molar-refractivity contribution >= 4 is 87.6 Å². The first-order valence-electron chi connectivity index (χ1n) is 45.8. The Kier molecular flexibility index (Phi) is 45.1. The maximum Gasteiger partial charge on any atom is 1.00 e. The van der Waals surface area contributed by atoms with E-state index in [0.29, 0.717) is 75.3 Å². The summed E-state index contributed by atoms with van der Waals surface area (Å²) in [5.41, 5.74) is 12.5. The van der Waals surface area contributed by atoms with Gasteiger partial charge in [-0.2, -0.15) is 9.59 Å². The molecule has 0 saturated heterocycles. The molecule has 5 aliphatic heterocycles. The van der Waals surface area contributed by atoms with Gasteiger partial charge < -0.3 is 89.2 Å². The number of carboxylic acids is 1. The molecule has 8 aromatic carbocycles. The van der Waals surface area contributed by atoms with Gasteiger partial charge in [-0.1, -0.05) is 122 Å². The molecule has 11 aromatic rings. The van der Waals surface area contributed by atoms with Gasteiger partial charge >= 0.3 is 151 Å². The fourth-order valence-corrected chi connectivity index (χ4v) is 15.8. The van der Waals surface area contributed by atoms with Crippen molar-refractivity contribution in [2.75, 3.05) is 45.9 Å². The number of hydrogen-bond acceptors (Lipinski definition) is 23. The Labute approximate surface area is 907 Å². The maximum atomic E-state index is 14.6. The van der Waals surface area contributed by atoms with Gasteiger partial charge in [0.1, 0.15) is 56.5 Å². The third-order valence-corrected chi connectivity index (χ3v) is 22.3. The molecule has 142 heavy (non-hydrogen) atoms. The quantitative estimate of drug-likeness (QED) is 0.0220. The maximum absolute atomic E-state index is 14.6. The van der Waals surface area contributed by atoms with Gasteiger partial charge in [-0.25, -0.2) is 46.7 Å². The Morgan fingerprint density at radius 3 is 1.18 bits per heavy atom. The molecule has 16 rings (SSSR count). The number of amides is 4. The minimum absolute atomic E-state index is 0. The summed E-state index contributed by atoms with van der Waals surface area (Å²) in [6.07, 6.45) is 8.54. The average molecular weight is 2010 g/mol. The zero-order valence-corrected chi connectivity index (χ0v) is 89.6. The second-order valence-corrected chi connectivity index (χ2v) is 37.2. The number of nitrogens with one attached hydrogen (secondary N) is 2. The summed E-state index contributed by atoms with van der Waals surface area (Å²) in [5, 5.41) is 29.8. The van der Waals surface area contributed by atoms with Crippen LogP contribution in [0.5, 0.6) is 0 Å². The van der Waals surface area contributed by atoms with E-state index in [2.05, 4.69) is 64.6 Å². The molecule has 0 radical (unpaired) electrons. The zero-order chi connectivity index (χ0) is 103. The van der Waals surface area contributed by atoms with Gasteiger partial charge in [-0.15, -0.1) is 0 Å². The number of esters is 2. The van der Waals surface area contributed by atoms with Crippen LogP contribution in [-0.2, 0) is 139 Å². The summed E-state index contributed by atoms with van der Waals surface area (Å²) in [6, 6.07) is 45.8. The summed E-state index contributed by atoms with van der Waals surface area (Å²) in [7, 11) is 0. The first-order chi connectivity index (χ1) is 66.3. The van der Waals surface area contributed by atoms with Crippen molar-refractivity contribution in [2.45, 2.75) is 217 Å². The zero-order valence-electron chi connectivity index (χ0n) is 84.4. The number of aromatic nitrogens is 3. The van der Waals surface area contributed by atoms with Crippen molar-refractivity contribution in [3.8, 4) is 0 Å². The van der Waals surface area contributed by atoms with E-state index in [4.69, 9.17) is 53.2 Å². The largest absolute Gasteiger partial charge is 1.00 e. The predicted octanol–water partition coefficient (Wildman–Crippen LogP) is 10.0. The molecule has 0 aliphatic carbocycles. The van der Waals surface area contributed by atoms with E-state index in [1.807, 2.05) is 138 Å². The number of fused-ring (bicyclic) bond motifs is 8. The monoisotopic (exact) mass is 2010 g/mol. The first kappa shape index (κ1) is 118. The van der Waals surface area contributed by atoms with E-state index in [1.165, 1.54) is 99.5 Å². The minimum Gasteiger partial charge on any atom is -1.00 e. The molecule has 3 aromatic heterocycles. The van der Waals surface area contributed by atoms with E-state index >= 15 is 0 Å². The number of carboxylic acid groups (broad SMARTS) is 1. The number of aliphatic hydroxyl groups excluding tert-OH is 1. The van der Waals surface area contributed by atoms with Crippen LogP contribution in [-0.4, -0.2) is 167 Å². The molecule has 4 N–H and O–H groups in total. The average Bonchev–Trinajstić information content (AvgIpc) is 0.767. The predicted molar refractivity (Wildman–Crippen MR) is 516 cm³/mol. The molecular weight excluding hydrogens is 1890 g/mol. The molecule has 0 fully saturated rings. The number of aryl methyl sites for hydroxylation is 1. The van der Waals surface area contributed by atoms with Crippen LogP contribution in [0.2, 0.25) is 0 Å². The topological polar surface area (TPSA) is 401 Å². The molecule has 8 heterocycles. The molecule has 5 aliphatic rings. The van der Waals surface area contributed by atoms with Gasteiger partial charge in [0.15, 0.2) is 0 Å². The fourth-order valence-electron chi connectivity index (χ4n) is 15.8. The molecule has 0 saturated carbocycles. The Bertz CT molecular complexity index is 6470. The molecule has 0 spiro atoms. The Morgan fingerprint density at radius 2 is 0.782 bits per heavy atom. The third kappa shape index (κ3) is 33.9. The van der Waals surface area contributed by atoms with Crippen LogP contribution in [0, 0.1) is 17.5 Å². The number of nitrogens with zero attached hydrogens (tertiary/aromatic N) is 6. The van der Waals surface area contributed by atoms with Crippen molar-refractivity contribution < 1.29 is 214 Å². The van der Waals surface area contributed by atoms with E-state index in [-0.39, 0.29) is 188 Å². The van der Waals surface area contributed by atoms with Gasteiger partial charge in [0, 0.05) is 90.6 Å². The number of halogens is 3. The van der Waals surface area contributed by atoms with E-state index in [1.54, 1.807) is 60.8 Å². The van der Waals surface area contributed by atoms with Crippen LogP contribution in [0.3, 0.4) is 0 Å². The van der Waals surface area contributed by atoms with Crippen molar-refractivity contribution in [1.82, 2.24) is 39.0 Å². The number of aromatic amines is 1. The smallest absolute Gasteiger partial charge is 1.00 e. The number of ether oxygens (including phenoxy) is 6. The normalized spacial score (nSPS) is 13.1. The number of carbonyl (C=O) groups excluding carboxylic acids is 9. The summed E-state index contributed by atoms with van der Waals surface area (Å²) in [4.78, 5) is 158. The summed E-state index contributed by atoms with van der Waals surface area (Å²) in [6.45, 7) is 35.5. The fraction of sp³-hybridized carbons (Fsp3) is 0.377. The molecule has 746 valence electrons. The molecule has 0 bridgehead atoms. The number of rotatable bonds is 12. The minimum atomic E-state index is -1.36. The van der Waals surface area contributed by atoms with Crippen molar-refractivity contribution in [3.63, 3.8) is 0 Å². The number of aliphatic hydroxyl groups is 1. The van der Waals surface area contributed by atoms with Crippen LogP contribution < -0.4 is 130 Å². The van der Waals surface area contributed by atoms with Gasteiger partial charge in [-0.3, -0.25) is 19.2 Å². The second kappa shape index (κ2) is 54.4. The van der Waals surface area contributed by atoms with Gasteiger partial charge in [-0.05, 0) is 256 Å². The molecule has 0 unspecified atom stereocenters. The molecule has 4 amide bonds. The number of carbonyl (C=O) groups is 8. The molecule has 0 atom stereocenters. The summed E-state index contributed by atoms with van der Waals surface area (Å²) < 4.78 is 77.1. The van der Waals surface area contributed by atoms with Gasteiger partial charge in [0.05, 0.1) is 52.5 Å². The summed E-state index contributed by atoms with van der Waals surface area (Å²) >= 11 is 0. The third-order valence-electron chi connectivity index (χ3n) is 22.3. The number of aromatic carboxylic acids is 1. The molecule has 31 nitrogen and oxygen atoms in total. The van der Waals surface area contributed by atoms with Gasteiger partial charge in [0.2, 0.25) is 16.3 Å². The SMILES string of the molecule is CC(C)(C)OC(=O)N1CCc2ccc(CO)cc2C1.CC(C)(C)OC(=O)N1CCc2ccccc2C1.CCOC(=O)c1c[nH]c2cccc(F)c2c1=O.CCOC(=O)c1cn(Cc2ccc3c(c2)CN(C(=O)OC(C)(C)C)CC3)c2cccc(F)c2c1=O.CCc1ccc2c(c1)CN(C(=O)OC(C)(C)C)CC2.O=C(O)c1cn(Cc2ccc3c(c2)CNCC3)c2cccc(F)c2c1=O.O=C=O.O=CO[O-].[H-].[K+].[K+]. The number of benzene rings is 8. The van der Waals surface area contributed by atoms with Crippen LogP contribution in [0.25, 0.3) is 32.7 Å². The van der Waals surface area contributed by atoms with Crippen LogP contribution in [0.15, 0.2) is 185 Å². The number of H-pyrrole nitrogens is 1. The van der Waals surface area contributed by atoms with Gasteiger partial charge in [0.25, 0.3) is 6.47 Å². The van der Waals surface area contributed by atoms with Crippen molar-refractivity contribution in [2.24, 2.45) is 0 Å². The first-order valence-corrected chi connectivity index (χ1v) is 45.8. The second-order valence-electron chi connectivity index (χ2n) is 37.2. The Balaban J connectivity index is 0.000000263. The molecular formula is C106H121F3K2N8O23. The molecule has 36 heteroatoms.